The van der Waals surface area contributed by atoms with Gasteiger partial charge < -0.3 is 20.7 Å². The molecule has 0 amide bonds. The first kappa shape index (κ1) is 12.8. The lowest BCUT2D eigenvalue weighted by atomic mass is 10.3. The summed E-state index contributed by atoms with van der Waals surface area (Å²) in [4.78, 5) is 2.09. The van der Waals surface area contributed by atoms with Crippen molar-refractivity contribution in [3.05, 3.63) is 24.3 Å². The molecular weight excluding hydrogens is 202 g/mol. The van der Waals surface area contributed by atoms with Gasteiger partial charge in [-0.25, -0.2) is 0 Å². The van der Waals surface area contributed by atoms with Gasteiger partial charge in [-0.1, -0.05) is 6.07 Å². The predicted molar refractivity (Wildman–Crippen MR) is 68.0 cm³/mol. The highest BCUT2D eigenvalue weighted by Crippen LogP contribution is 2.16. The standard InChI is InChI=1S/C12H21N3O/c1-15(2)8-9-16-12-5-3-4-11(10-12)14-7-6-13/h3-5,10,14H,6-9,13H2,1-2H3. The Hall–Kier alpha value is -1.26. The largest absolute Gasteiger partial charge is 0.492 e. The van der Waals surface area contributed by atoms with E-state index in [2.05, 4.69) is 10.2 Å². The molecule has 0 heterocycles. The van der Waals surface area contributed by atoms with E-state index in [1.807, 2.05) is 38.4 Å². The second kappa shape index (κ2) is 7.09. The number of ether oxygens (including phenoxy) is 1. The Kier molecular flexibility index (Phi) is 5.67. The van der Waals surface area contributed by atoms with E-state index < -0.39 is 0 Å². The van der Waals surface area contributed by atoms with Crippen LogP contribution in [-0.2, 0) is 0 Å². The summed E-state index contributed by atoms with van der Waals surface area (Å²) < 4.78 is 5.62. The second-order valence-corrected chi connectivity index (χ2v) is 3.90. The Bertz CT molecular complexity index is 302. The summed E-state index contributed by atoms with van der Waals surface area (Å²) in [5.74, 6) is 0.892. The molecule has 0 aliphatic rings. The minimum atomic E-state index is 0.631. The summed E-state index contributed by atoms with van der Waals surface area (Å²) >= 11 is 0. The number of anilines is 1. The average molecular weight is 223 g/mol. The van der Waals surface area contributed by atoms with E-state index in [1.165, 1.54) is 0 Å². The predicted octanol–water partition coefficient (Wildman–Crippen LogP) is 0.998. The molecule has 0 aliphatic heterocycles. The summed E-state index contributed by atoms with van der Waals surface area (Å²) in [6.45, 7) is 3.03. The van der Waals surface area contributed by atoms with Crippen LogP contribution < -0.4 is 15.8 Å². The highest BCUT2D eigenvalue weighted by molar-refractivity contribution is 5.48. The van der Waals surface area contributed by atoms with Crippen molar-refractivity contribution < 1.29 is 4.74 Å². The first-order valence-electron chi connectivity index (χ1n) is 5.54. The van der Waals surface area contributed by atoms with Gasteiger partial charge in [0, 0.05) is 31.4 Å². The van der Waals surface area contributed by atoms with Gasteiger partial charge in [0.25, 0.3) is 0 Å². The molecular formula is C12H21N3O. The van der Waals surface area contributed by atoms with E-state index in [0.29, 0.717) is 13.2 Å². The molecule has 0 radical (unpaired) electrons. The van der Waals surface area contributed by atoms with Gasteiger partial charge in [0.15, 0.2) is 0 Å². The molecule has 0 aromatic heterocycles. The average Bonchev–Trinajstić information content (AvgIpc) is 2.26. The van der Waals surface area contributed by atoms with Crippen molar-refractivity contribution in [2.24, 2.45) is 5.73 Å². The second-order valence-electron chi connectivity index (χ2n) is 3.90. The topological polar surface area (TPSA) is 50.5 Å². The van der Waals surface area contributed by atoms with Crippen molar-refractivity contribution in [1.82, 2.24) is 4.90 Å². The van der Waals surface area contributed by atoms with Crippen LogP contribution in [0.1, 0.15) is 0 Å². The zero-order chi connectivity index (χ0) is 11.8. The van der Waals surface area contributed by atoms with Crippen LogP contribution in [-0.4, -0.2) is 45.2 Å². The van der Waals surface area contributed by atoms with Crippen LogP contribution in [0.15, 0.2) is 24.3 Å². The molecule has 0 aliphatic carbocycles. The summed E-state index contributed by atoms with van der Waals surface area (Å²) in [5, 5.41) is 3.22. The summed E-state index contributed by atoms with van der Waals surface area (Å²) in [7, 11) is 4.06. The normalized spacial score (nSPS) is 10.5. The molecule has 0 atom stereocenters. The van der Waals surface area contributed by atoms with Crippen molar-refractivity contribution in [3.63, 3.8) is 0 Å². The first-order valence-corrected chi connectivity index (χ1v) is 5.54. The van der Waals surface area contributed by atoms with Gasteiger partial charge in [-0.3, -0.25) is 0 Å². The lowest BCUT2D eigenvalue weighted by Gasteiger charge is -2.12. The smallest absolute Gasteiger partial charge is 0.121 e. The third-order valence-electron chi connectivity index (χ3n) is 2.11. The fourth-order valence-electron chi connectivity index (χ4n) is 1.26. The molecule has 1 aromatic carbocycles. The van der Waals surface area contributed by atoms with Crippen molar-refractivity contribution >= 4 is 5.69 Å². The van der Waals surface area contributed by atoms with Crippen molar-refractivity contribution in [3.8, 4) is 5.75 Å². The fraction of sp³-hybridized carbons (Fsp3) is 0.500. The molecule has 1 aromatic rings. The van der Waals surface area contributed by atoms with Crippen LogP contribution in [0.2, 0.25) is 0 Å². The number of hydrogen-bond donors (Lipinski definition) is 2. The van der Waals surface area contributed by atoms with Gasteiger partial charge >= 0.3 is 0 Å². The molecule has 4 nitrogen and oxygen atoms in total. The number of nitrogens with zero attached hydrogens (tertiary/aromatic N) is 1. The molecule has 16 heavy (non-hydrogen) atoms. The molecule has 0 saturated heterocycles. The maximum atomic E-state index is 5.62. The summed E-state index contributed by atoms with van der Waals surface area (Å²) in [6, 6.07) is 7.94. The van der Waals surface area contributed by atoms with Crippen molar-refractivity contribution in [2.75, 3.05) is 45.7 Å². The van der Waals surface area contributed by atoms with Crippen LogP contribution in [0.3, 0.4) is 0 Å². The van der Waals surface area contributed by atoms with Gasteiger partial charge in [0.05, 0.1) is 0 Å². The Morgan fingerprint density at radius 2 is 2.19 bits per heavy atom. The lowest BCUT2D eigenvalue weighted by Crippen LogP contribution is -2.19. The maximum absolute atomic E-state index is 5.62. The van der Waals surface area contributed by atoms with Gasteiger partial charge in [0.1, 0.15) is 12.4 Å². The Morgan fingerprint density at radius 1 is 1.38 bits per heavy atom. The number of hydrogen-bond acceptors (Lipinski definition) is 4. The van der Waals surface area contributed by atoms with E-state index in [9.17, 15) is 0 Å². The quantitative estimate of drug-likeness (QED) is 0.724. The Morgan fingerprint density at radius 3 is 2.88 bits per heavy atom. The highest BCUT2D eigenvalue weighted by Gasteiger charge is 1.96. The van der Waals surface area contributed by atoms with Crippen molar-refractivity contribution in [2.45, 2.75) is 0 Å². The summed E-state index contributed by atoms with van der Waals surface area (Å²) in [6.07, 6.45) is 0. The van der Waals surface area contributed by atoms with E-state index in [-0.39, 0.29) is 0 Å². The van der Waals surface area contributed by atoms with Crippen molar-refractivity contribution in [1.29, 1.82) is 0 Å². The third-order valence-corrected chi connectivity index (χ3v) is 2.11. The zero-order valence-corrected chi connectivity index (χ0v) is 10.1. The molecule has 0 bridgehead atoms. The van der Waals surface area contributed by atoms with Gasteiger partial charge in [-0.2, -0.15) is 0 Å². The van der Waals surface area contributed by atoms with E-state index in [4.69, 9.17) is 10.5 Å². The fourth-order valence-corrected chi connectivity index (χ4v) is 1.26. The Labute approximate surface area is 97.4 Å². The molecule has 0 spiro atoms. The SMILES string of the molecule is CN(C)CCOc1cccc(NCCN)c1. The summed E-state index contributed by atoms with van der Waals surface area (Å²) in [5.41, 5.74) is 6.48. The van der Waals surface area contributed by atoms with Crippen LogP contribution in [0.4, 0.5) is 5.69 Å². The van der Waals surface area contributed by atoms with Crippen LogP contribution >= 0.6 is 0 Å². The highest BCUT2D eigenvalue weighted by atomic mass is 16.5. The molecule has 90 valence electrons. The minimum Gasteiger partial charge on any atom is -0.492 e. The van der Waals surface area contributed by atoms with Crippen LogP contribution in [0, 0.1) is 0 Å². The minimum absolute atomic E-state index is 0.631. The van der Waals surface area contributed by atoms with E-state index in [0.717, 1.165) is 24.5 Å². The van der Waals surface area contributed by atoms with Crippen LogP contribution in [0.25, 0.3) is 0 Å². The zero-order valence-electron chi connectivity index (χ0n) is 10.1. The third kappa shape index (κ3) is 5.00. The number of rotatable bonds is 7. The molecule has 0 fully saturated rings. The first-order chi connectivity index (χ1) is 7.72. The molecule has 0 saturated carbocycles. The number of benzene rings is 1. The van der Waals surface area contributed by atoms with Crippen LogP contribution in [0.5, 0.6) is 5.75 Å². The molecule has 0 unspecified atom stereocenters. The Balaban J connectivity index is 2.40. The molecule has 4 heteroatoms. The molecule has 3 N–H and O–H groups in total. The van der Waals surface area contributed by atoms with Gasteiger partial charge in [0.2, 0.25) is 0 Å². The number of nitrogens with two attached hydrogens (primary N) is 1. The number of nitrogens with one attached hydrogen (secondary N) is 1. The van der Waals surface area contributed by atoms with Gasteiger partial charge in [-0.15, -0.1) is 0 Å². The lowest BCUT2D eigenvalue weighted by molar-refractivity contribution is 0.261. The van der Waals surface area contributed by atoms with E-state index in [1.54, 1.807) is 0 Å². The van der Waals surface area contributed by atoms with Gasteiger partial charge in [-0.05, 0) is 26.2 Å². The van der Waals surface area contributed by atoms with E-state index >= 15 is 0 Å². The monoisotopic (exact) mass is 223 g/mol. The number of likely N-dealkylation sites (N-methyl/N-ethyl adjacent to an activating group) is 1. The maximum Gasteiger partial charge on any atom is 0.121 e. The molecule has 1 rings (SSSR count).